The van der Waals surface area contributed by atoms with Crippen molar-refractivity contribution in [2.45, 2.75) is 53.5 Å². The summed E-state index contributed by atoms with van der Waals surface area (Å²) in [7, 11) is 0. The van der Waals surface area contributed by atoms with E-state index in [-0.39, 0.29) is 6.04 Å². The second kappa shape index (κ2) is 6.23. The highest BCUT2D eigenvalue weighted by atomic mass is 15.3. The summed E-state index contributed by atoms with van der Waals surface area (Å²) in [6, 6.07) is 2.46. The lowest BCUT2D eigenvalue weighted by atomic mass is 10.0. The third kappa shape index (κ3) is 3.09. The van der Waals surface area contributed by atoms with Gasteiger partial charge in [-0.05, 0) is 19.8 Å². The smallest absolute Gasteiger partial charge is 0.142 e. The molecular formula is C12H21N3. The number of hydrogen-bond donors (Lipinski definition) is 0. The largest absolute Gasteiger partial charge is 0.252 e. The number of aromatic nitrogens is 2. The van der Waals surface area contributed by atoms with Crippen molar-refractivity contribution >= 4 is 0 Å². The Labute approximate surface area is 92.7 Å². The first-order chi connectivity index (χ1) is 7.07. The van der Waals surface area contributed by atoms with E-state index in [1.165, 1.54) is 0 Å². The fourth-order valence-corrected chi connectivity index (χ4v) is 1.31. The first-order valence-electron chi connectivity index (χ1n) is 5.55. The molecule has 1 aromatic heterocycles. The molecular weight excluding hydrogens is 186 g/mol. The van der Waals surface area contributed by atoms with Gasteiger partial charge in [-0.3, -0.25) is 4.68 Å². The molecule has 1 rings (SSSR count). The molecule has 15 heavy (non-hydrogen) atoms. The maximum absolute atomic E-state index is 8.98. The topological polar surface area (TPSA) is 41.6 Å². The van der Waals surface area contributed by atoms with Crippen molar-refractivity contribution in [1.29, 1.82) is 5.26 Å². The van der Waals surface area contributed by atoms with Gasteiger partial charge in [0.1, 0.15) is 11.8 Å². The minimum absolute atomic E-state index is 0.252. The predicted octanol–water partition coefficient (Wildman–Crippen LogP) is 3.49. The second-order valence-electron chi connectivity index (χ2n) is 3.75. The van der Waals surface area contributed by atoms with Gasteiger partial charge in [0.15, 0.2) is 0 Å². The molecule has 0 saturated carbocycles. The molecule has 3 nitrogen and oxygen atoms in total. The van der Waals surface area contributed by atoms with Crippen LogP contribution in [0.15, 0.2) is 6.20 Å². The summed E-state index contributed by atoms with van der Waals surface area (Å²) < 4.78 is 1.77. The Balaban J connectivity index is 0.000000921. The first-order valence-corrected chi connectivity index (χ1v) is 5.55. The van der Waals surface area contributed by atoms with Gasteiger partial charge in [-0.1, -0.05) is 27.7 Å². The van der Waals surface area contributed by atoms with Gasteiger partial charge in [-0.25, -0.2) is 0 Å². The van der Waals surface area contributed by atoms with Gasteiger partial charge >= 0.3 is 0 Å². The molecule has 0 aliphatic carbocycles. The van der Waals surface area contributed by atoms with Crippen molar-refractivity contribution in [3.63, 3.8) is 0 Å². The van der Waals surface area contributed by atoms with Crippen molar-refractivity contribution in [3.8, 4) is 6.07 Å². The molecule has 0 aliphatic heterocycles. The summed E-state index contributed by atoms with van der Waals surface area (Å²) in [6.45, 7) is 12.2. The lowest BCUT2D eigenvalue weighted by molar-refractivity contribution is 0.526. The molecule has 0 unspecified atom stereocenters. The average molecular weight is 207 g/mol. The predicted molar refractivity (Wildman–Crippen MR) is 62.8 cm³/mol. The van der Waals surface area contributed by atoms with Crippen molar-refractivity contribution in [2.24, 2.45) is 0 Å². The van der Waals surface area contributed by atoms with Crippen LogP contribution in [0.5, 0.6) is 0 Å². The highest BCUT2D eigenvalue weighted by molar-refractivity contribution is 5.32. The van der Waals surface area contributed by atoms with Crippen molar-refractivity contribution in [3.05, 3.63) is 17.5 Å². The van der Waals surface area contributed by atoms with E-state index in [0.717, 1.165) is 5.56 Å². The monoisotopic (exact) mass is 207 g/mol. The van der Waals surface area contributed by atoms with E-state index in [1.54, 1.807) is 10.9 Å². The standard InChI is InChI=1S/C10H15N3.C2H6/c1-7(2)9-6-12-13(8(3)4)10(9)5-11;1-2/h6-8H,1-4H3;1-2H3. The summed E-state index contributed by atoms with van der Waals surface area (Å²) in [4.78, 5) is 0. The molecule has 0 fully saturated rings. The van der Waals surface area contributed by atoms with Crippen LogP contribution in [-0.4, -0.2) is 9.78 Å². The molecule has 0 bridgehead atoms. The van der Waals surface area contributed by atoms with Gasteiger partial charge < -0.3 is 0 Å². The van der Waals surface area contributed by atoms with E-state index in [2.05, 4.69) is 25.0 Å². The lowest BCUT2D eigenvalue weighted by Gasteiger charge is -2.07. The van der Waals surface area contributed by atoms with E-state index in [9.17, 15) is 0 Å². The molecule has 0 N–H and O–H groups in total. The Morgan fingerprint density at radius 1 is 1.27 bits per heavy atom. The van der Waals surface area contributed by atoms with Gasteiger partial charge in [-0.2, -0.15) is 10.4 Å². The van der Waals surface area contributed by atoms with Gasteiger partial charge in [0.25, 0.3) is 0 Å². The van der Waals surface area contributed by atoms with E-state index in [1.807, 2.05) is 27.7 Å². The molecule has 0 aliphatic rings. The molecule has 1 heterocycles. The molecule has 0 aromatic carbocycles. The van der Waals surface area contributed by atoms with E-state index in [0.29, 0.717) is 11.6 Å². The second-order valence-corrected chi connectivity index (χ2v) is 3.75. The van der Waals surface area contributed by atoms with Crippen LogP contribution in [-0.2, 0) is 0 Å². The fraction of sp³-hybridized carbons (Fsp3) is 0.667. The zero-order valence-electron chi connectivity index (χ0n) is 10.6. The summed E-state index contributed by atoms with van der Waals surface area (Å²) >= 11 is 0. The minimum atomic E-state index is 0.252. The highest BCUT2D eigenvalue weighted by Crippen LogP contribution is 2.20. The third-order valence-electron chi connectivity index (χ3n) is 2.04. The molecule has 1 aromatic rings. The van der Waals surface area contributed by atoms with Crippen molar-refractivity contribution < 1.29 is 0 Å². The minimum Gasteiger partial charge on any atom is -0.252 e. The Morgan fingerprint density at radius 2 is 1.80 bits per heavy atom. The van der Waals surface area contributed by atoms with Crippen LogP contribution in [0.3, 0.4) is 0 Å². The van der Waals surface area contributed by atoms with Crippen LogP contribution in [0.1, 0.15) is 64.8 Å². The van der Waals surface area contributed by atoms with Crippen LogP contribution in [0.4, 0.5) is 0 Å². The summed E-state index contributed by atoms with van der Waals surface area (Å²) in [5.74, 6) is 0.363. The van der Waals surface area contributed by atoms with E-state index in [4.69, 9.17) is 5.26 Å². The maximum atomic E-state index is 8.98. The molecule has 84 valence electrons. The Hall–Kier alpha value is -1.30. The number of hydrogen-bond acceptors (Lipinski definition) is 2. The Kier molecular flexibility index (Phi) is 5.69. The molecule has 0 atom stereocenters. The van der Waals surface area contributed by atoms with Gasteiger partial charge in [0, 0.05) is 11.6 Å². The van der Waals surface area contributed by atoms with Crippen molar-refractivity contribution in [1.82, 2.24) is 9.78 Å². The molecule has 0 spiro atoms. The van der Waals surface area contributed by atoms with Crippen LogP contribution in [0.25, 0.3) is 0 Å². The van der Waals surface area contributed by atoms with Crippen LogP contribution in [0, 0.1) is 11.3 Å². The summed E-state index contributed by atoms with van der Waals surface area (Å²) in [6.07, 6.45) is 1.79. The molecule has 0 radical (unpaired) electrons. The van der Waals surface area contributed by atoms with Crippen LogP contribution in [0.2, 0.25) is 0 Å². The highest BCUT2D eigenvalue weighted by Gasteiger charge is 2.14. The first kappa shape index (κ1) is 13.7. The SMILES string of the molecule is CC.CC(C)c1cnn(C(C)C)c1C#N. The van der Waals surface area contributed by atoms with Gasteiger partial charge in [-0.15, -0.1) is 0 Å². The fourth-order valence-electron chi connectivity index (χ4n) is 1.31. The Bertz CT molecular complexity index is 304. The maximum Gasteiger partial charge on any atom is 0.142 e. The summed E-state index contributed by atoms with van der Waals surface area (Å²) in [5.41, 5.74) is 1.74. The number of nitriles is 1. The van der Waals surface area contributed by atoms with Crippen LogP contribution >= 0.6 is 0 Å². The molecule has 0 saturated heterocycles. The Morgan fingerprint density at radius 3 is 2.13 bits per heavy atom. The van der Waals surface area contributed by atoms with E-state index >= 15 is 0 Å². The van der Waals surface area contributed by atoms with Gasteiger partial charge in [0.2, 0.25) is 0 Å². The van der Waals surface area contributed by atoms with Gasteiger partial charge in [0.05, 0.1) is 6.20 Å². The van der Waals surface area contributed by atoms with E-state index < -0.39 is 0 Å². The zero-order chi connectivity index (χ0) is 12.0. The van der Waals surface area contributed by atoms with Crippen LogP contribution < -0.4 is 0 Å². The number of nitrogens with zero attached hydrogens (tertiary/aromatic N) is 3. The zero-order valence-corrected chi connectivity index (χ0v) is 10.6. The quantitative estimate of drug-likeness (QED) is 0.745. The normalized spacial score (nSPS) is 9.80. The molecule has 0 amide bonds. The lowest BCUT2D eigenvalue weighted by Crippen LogP contribution is -2.06. The van der Waals surface area contributed by atoms with Crippen molar-refractivity contribution in [2.75, 3.05) is 0 Å². The number of rotatable bonds is 2. The molecule has 3 heteroatoms. The average Bonchev–Trinajstić information content (AvgIpc) is 2.64. The summed E-state index contributed by atoms with van der Waals surface area (Å²) in [5, 5.41) is 13.2. The third-order valence-corrected chi connectivity index (χ3v) is 2.04.